The molecule has 1 aromatic rings. The second-order valence-corrected chi connectivity index (χ2v) is 11.8. The van der Waals surface area contributed by atoms with Crippen LogP contribution in [0, 0.1) is 5.92 Å². The summed E-state index contributed by atoms with van der Waals surface area (Å²) in [5, 5.41) is 7.66. The molecule has 2 aliphatic rings. The molecule has 0 saturated carbocycles. The zero-order valence-corrected chi connectivity index (χ0v) is 19.3. The summed E-state index contributed by atoms with van der Waals surface area (Å²) >= 11 is 0. The first-order valence-electron chi connectivity index (χ1n) is 10.4. The zero-order valence-electron chi connectivity index (χ0n) is 18.5. The number of carbonyl (C=O) groups excluding carboxylic acids is 2. The maximum Gasteiger partial charge on any atom is 0.319 e. The van der Waals surface area contributed by atoms with Gasteiger partial charge < -0.3 is 15.1 Å². The number of nitrogens with zero attached hydrogens (tertiary/aromatic N) is 4. The monoisotopic (exact) mass is 439 g/mol. The van der Waals surface area contributed by atoms with Crippen molar-refractivity contribution in [3.63, 3.8) is 0 Å². The Morgan fingerprint density at radius 1 is 1.17 bits per heavy atom. The average molecular weight is 440 g/mol. The Labute approximate surface area is 178 Å². The molecule has 9 nitrogen and oxygen atoms in total. The van der Waals surface area contributed by atoms with Gasteiger partial charge in [0.2, 0.25) is 5.91 Å². The third-order valence-electron chi connectivity index (χ3n) is 5.83. The van der Waals surface area contributed by atoms with Crippen LogP contribution in [0.15, 0.2) is 6.07 Å². The van der Waals surface area contributed by atoms with E-state index in [-0.39, 0.29) is 40.8 Å². The summed E-state index contributed by atoms with van der Waals surface area (Å²) in [6.07, 6.45) is 1.70. The lowest BCUT2D eigenvalue weighted by Crippen LogP contribution is -2.45. The number of hydrogen-bond acceptors (Lipinski definition) is 5. The molecule has 1 unspecified atom stereocenters. The Kier molecular flexibility index (Phi) is 6.18. The predicted octanol–water partition coefficient (Wildman–Crippen LogP) is 1.87. The second kappa shape index (κ2) is 8.20. The van der Waals surface area contributed by atoms with E-state index in [1.165, 1.54) is 0 Å². The predicted molar refractivity (Wildman–Crippen MR) is 115 cm³/mol. The Balaban J connectivity index is 1.73. The van der Waals surface area contributed by atoms with Crippen LogP contribution in [0.2, 0.25) is 0 Å². The Hall–Kier alpha value is -2.10. The highest BCUT2D eigenvalue weighted by Gasteiger charge is 2.34. The number of amides is 3. The van der Waals surface area contributed by atoms with Gasteiger partial charge in [0.25, 0.3) is 0 Å². The minimum atomic E-state index is -3.07. The van der Waals surface area contributed by atoms with Crippen molar-refractivity contribution in [2.45, 2.75) is 51.5 Å². The van der Waals surface area contributed by atoms with Crippen LogP contribution in [-0.4, -0.2) is 78.6 Å². The molecule has 3 rings (SSSR count). The van der Waals surface area contributed by atoms with E-state index in [4.69, 9.17) is 0 Å². The summed E-state index contributed by atoms with van der Waals surface area (Å²) in [5.41, 5.74) is 0.591. The molecule has 2 saturated heterocycles. The Morgan fingerprint density at radius 3 is 2.30 bits per heavy atom. The van der Waals surface area contributed by atoms with Crippen LogP contribution in [0.3, 0.4) is 0 Å². The van der Waals surface area contributed by atoms with E-state index >= 15 is 0 Å². The number of rotatable bonds is 3. The lowest BCUT2D eigenvalue weighted by molar-refractivity contribution is -0.121. The fourth-order valence-corrected chi connectivity index (χ4v) is 5.64. The SMILES string of the molecule is CN(C)C(=O)N1CCC(C(=O)Nc2cc(C(C)(C)C)nn2C2CCS(=O)(=O)C2)CC1. The molecule has 0 radical (unpaired) electrons. The smallest absolute Gasteiger partial charge is 0.319 e. The average Bonchev–Trinajstić information content (AvgIpc) is 3.23. The fraction of sp³-hybridized carbons (Fsp3) is 0.750. The quantitative estimate of drug-likeness (QED) is 0.774. The third-order valence-corrected chi connectivity index (χ3v) is 7.58. The van der Waals surface area contributed by atoms with Crippen LogP contribution in [0.4, 0.5) is 10.6 Å². The third kappa shape index (κ3) is 4.96. The first-order chi connectivity index (χ1) is 13.9. The summed E-state index contributed by atoms with van der Waals surface area (Å²) in [4.78, 5) is 28.3. The Morgan fingerprint density at radius 2 is 1.80 bits per heavy atom. The molecule has 0 aliphatic carbocycles. The van der Waals surface area contributed by atoms with Gasteiger partial charge in [-0.05, 0) is 19.3 Å². The van der Waals surface area contributed by atoms with Gasteiger partial charge in [0.1, 0.15) is 5.82 Å². The van der Waals surface area contributed by atoms with Crippen molar-refractivity contribution in [1.82, 2.24) is 19.6 Å². The van der Waals surface area contributed by atoms with E-state index in [9.17, 15) is 18.0 Å². The summed E-state index contributed by atoms with van der Waals surface area (Å²) < 4.78 is 25.6. The molecule has 0 aromatic carbocycles. The lowest BCUT2D eigenvalue weighted by Gasteiger charge is -2.33. The fourth-order valence-electron chi connectivity index (χ4n) is 3.95. The molecule has 3 heterocycles. The summed E-state index contributed by atoms with van der Waals surface area (Å²) in [6, 6.07) is 1.55. The number of piperidine rings is 1. The first kappa shape index (κ1) is 22.6. The van der Waals surface area contributed by atoms with Crippen molar-refractivity contribution in [1.29, 1.82) is 0 Å². The van der Waals surface area contributed by atoms with Crippen molar-refractivity contribution in [2.75, 3.05) is 44.0 Å². The van der Waals surface area contributed by atoms with E-state index in [2.05, 4.69) is 10.4 Å². The Bertz CT molecular complexity index is 908. The van der Waals surface area contributed by atoms with Crippen molar-refractivity contribution in [2.24, 2.45) is 5.92 Å². The van der Waals surface area contributed by atoms with Gasteiger partial charge in [-0.2, -0.15) is 5.10 Å². The van der Waals surface area contributed by atoms with Crippen LogP contribution in [0.1, 0.15) is 51.8 Å². The molecule has 168 valence electrons. The van der Waals surface area contributed by atoms with Gasteiger partial charge in [-0.1, -0.05) is 20.8 Å². The molecular weight excluding hydrogens is 406 g/mol. The number of aromatic nitrogens is 2. The molecule has 2 fully saturated rings. The van der Waals surface area contributed by atoms with Crippen LogP contribution < -0.4 is 5.32 Å². The highest BCUT2D eigenvalue weighted by molar-refractivity contribution is 7.91. The normalized spacial score (nSPS) is 22.2. The number of anilines is 1. The molecule has 3 amide bonds. The largest absolute Gasteiger partial charge is 0.331 e. The summed E-state index contributed by atoms with van der Waals surface area (Å²) in [5.74, 6) is 0.457. The summed E-state index contributed by atoms with van der Waals surface area (Å²) in [6.45, 7) is 7.20. The van der Waals surface area contributed by atoms with Crippen LogP contribution in [0.25, 0.3) is 0 Å². The van der Waals surface area contributed by atoms with E-state index in [1.54, 1.807) is 28.6 Å². The van der Waals surface area contributed by atoms with Gasteiger partial charge in [-0.15, -0.1) is 0 Å². The zero-order chi connectivity index (χ0) is 22.3. The van der Waals surface area contributed by atoms with E-state index in [0.29, 0.717) is 38.2 Å². The lowest BCUT2D eigenvalue weighted by atomic mass is 9.92. The number of carbonyl (C=O) groups is 2. The van der Waals surface area contributed by atoms with Gasteiger partial charge in [-0.25, -0.2) is 17.9 Å². The molecule has 1 aromatic heterocycles. The number of nitrogens with one attached hydrogen (secondary N) is 1. The molecule has 2 aliphatic heterocycles. The van der Waals surface area contributed by atoms with Gasteiger partial charge in [0, 0.05) is 44.6 Å². The highest BCUT2D eigenvalue weighted by atomic mass is 32.2. The minimum Gasteiger partial charge on any atom is -0.331 e. The van der Waals surface area contributed by atoms with Gasteiger partial charge in [0.15, 0.2) is 9.84 Å². The first-order valence-corrected chi connectivity index (χ1v) is 12.3. The van der Waals surface area contributed by atoms with E-state index in [0.717, 1.165) is 5.69 Å². The van der Waals surface area contributed by atoms with Gasteiger partial charge in [-0.3, -0.25) is 4.79 Å². The van der Waals surface area contributed by atoms with E-state index in [1.807, 2.05) is 26.8 Å². The minimum absolute atomic E-state index is 0.0378. The molecule has 1 N–H and O–H groups in total. The molecular formula is C20H33N5O4S. The molecule has 30 heavy (non-hydrogen) atoms. The van der Waals surface area contributed by atoms with Crippen molar-refractivity contribution >= 4 is 27.6 Å². The molecule has 0 bridgehead atoms. The maximum atomic E-state index is 12.9. The van der Waals surface area contributed by atoms with Crippen LogP contribution in [0.5, 0.6) is 0 Å². The number of sulfone groups is 1. The second-order valence-electron chi connectivity index (χ2n) is 9.59. The molecule has 0 spiro atoms. The van der Waals surface area contributed by atoms with Crippen molar-refractivity contribution in [3.05, 3.63) is 11.8 Å². The number of hydrogen-bond donors (Lipinski definition) is 1. The summed E-state index contributed by atoms with van der Waals surface area (Å²) in [7, 11) is 0.369. The van der Waals surface area contributed by atoms with Crippen molar-refractivity contribution < 1.29 is 18.0 Å². The van der Waals surface area contributed by atoms with E-state index < -0.39 is 9.84 Å². The van der Waals surface area contributed by atoms with Gasteiger partial charge >= 0.3 is 6.03 Å². The highest BCUT2D eigenvalue weighted by Crippen LogP contribution is 2.31. The standard InChI is InChI=1S/C20H33N5O4S/c1-20(2,3)16-12-17(25(22-16)15-8-11-30(28,29)13-15)21-18(26)14-6-9-24(10-7-14)19(27)23(4)5/h12,14-15H,6-11,13H2,1-5H3,(H,21,26). The topological polar surface area (TPSA) is 105 Å². The number of likely N-dealkylation sites (tertiary alicyclic amines) is 1. The maximum absolute atomic E-state index is 12.9. The van der Waals surface area contributed by atoms with Crippen LogP contribution >= 0.6 is 0 Å². The number of urea groups is 1. The van der Waals surface area contributed by atoms with Crippen LogP contribution in [-0.2, 0) is 20.0 Å². The van der Waals surface area contributed by atoms with Crippen molar-refractivity contribution in [3.8, 4) is 0 Å². The van der Waals surface area contributed by atoms with Gasteiger partial charge in [0.05, 0.1) is 23.2 Å². The molecule has 1 atom stereocenters. The molecule has 10 heteroatoms.